The van der Waals surface area contributed by atoms with Crippen LogP contribution in [0.2, 0.25) is 0 Å². The molecule has 1 aromatic rings. The Morgan fingerprint density at radius 1 is 0.900 bits per heavy atom. The number of amides is 3. The van der Waals surface area contributed by atoms with E-state index in [9.17, 15) is 24.0 Å². The largest absolute Gasteiger partial charge is 0.481 e. The molecule has 11 heteroatoms. The van der Waals surface area contributed by atoms with E-state index in [0.29, 0.717) is 0 Å². The maximum Gasteiger partial charge on any atom is 0.408 e. The zero-order valence-corrected chi connectivity index (χ0v) is 16.6. The lowest BCUT2D eigenvalue weighted by molar-refractivity contribution is -0.141. The van der Waals surface area contributed by atoms with Crippen LogP contribution in [0.15, 0.2) is 30.3 Å². The molecule has 0 heterocycles. The first-order valence-electron chi connectivity index (χ1n) is 9.12. The third-order valence-corrected chi connectivity index (χ3v) is 3.95. The van der Waals surface area contributed by atoms with Gasteiger partial charge < -0.3 is 30.9 Å². The van der Waals surface area contributed by atoms with Crippen LogP contribution in [0, 0.1) is 0 Å². The number of ether oxygens (including phenoxy) is 1. The van der Waals surface area contributed by atoms with E-state index >= 15 is 0 Å². The van der Waals surface area contributed by atoms with E-state index in [4.69, 9.17) is 14.9 Å². The minimum Gasteiger partial charge on any atom is -0.481 e. The summed E-state index contributed by atoms with van der Waals surface area (Å²) in [6, 6.07) is 5.25. The van der Waals surface area contributed by atoms with Crippen molar-refractivity contribution in [2.75, 3.05) is 0 Å². The van der Waals surface area contributed by atoms with E-state index in [0.717, 1.165) is 5.56 Å². The zero-order chi connectivity index (χ0) is 22.7. The van der Waals surface area contributed by atoms with Gasteiger partial charge in [0.1, 0.15) is 24.7 Å². The highest BCUT2D eigenvalue weighted by Crippen LogP contribution is 2.03. The molecular formula is C19H25N3O8. The zero-order valence-electron chi connectivity index (χ0n) is 16.6. The summed E-state index contributed by atoms with van der Waals surface area (Å²) < 4.78 is 5.02. The van der Waals surface area contributed by atoms with Gasteiger partial charge in [0.05, 0.1) is 0 Å². The Bertz CT molecular complexity index is 768. The van der Waals surface area contributed by atoms with Crippen LogP contribution in [0.1, 0.15) is 32.3 Å². The smallest absolute Gasteiger partial charge is 0.408 e. The van der Waals surface area contributed by atoms with Gasteiger partial charge >= 0.3 is 18.0 Å². The van der Waals surface area contributed by atoms with Crippen molar-refractivity contribution in [3.63, 3.8) is 0 Å². The van der Waals surface area contributed by atoms with Crippen molar-refractivity contribution in [2.45, 2.75) is 51.4 Å². The second-order valence-corrected chi connectivity index (χ2v) is 6.49. The molecule has 0 aliphatic heterocycles. The molecule has 0 unspecified atom stereocenters. The van der Waals surface area contributed by atoms with Crippen LogP contribution < -0.4 is 16.0 Å². The third-order valence-electron chi connectivity index (χ3n) is 3.95. The minimum absolute atomic E-state index is 0.0498. The van der Waals surface area contributed by atoms with Crippen molar-refractivity contribution in [3.05, 3.63) is 35.9 Å². The van der Waals surface area contributed by atoms with E-state index in [1.165, 1.54) is 13.8 Å². The van der Waals surface area contributed by atoms with Crippen molar-refractivity contribution in [2.24, 2.45) is 0 Å². The number of aliphatic carboxylic acids is 2. The van der Waals surface area contributed by atoms with Crippen molar-refractivity contribution in [1.29, 1.82) is 0 Å². The standard InChI is InChI=1S/C19H25N3O8/c1-11(16(25)21-12(2)18(27)28)20-17(26)14(8-9-15(23)24)22-19(29)30-10-13-6-4-3-5-7-13/h3-7,11-12,14H,8-10H2,1-2H3,(H,20,26)(H,21,25)(H,22,29)(H,23,24)(H,27,28)/t11-,12-,14-/m0/s1. The Morgan fingerprint density at radius 2 is 1.50 bits per heavy atom. The number of carboxylic acids is 2. The van der Waals surface area contributed by atoms with Gasteiger partial charge in [-0.3, -0.25) is 19.2 Å². The minimum atomic E-state index is -1.27. The van der Waals surface area contributed by atoms with Crippen molar-refractivity contribution in [3.8, 4) is 0 Å². The van der Waals surface area contributed by atoms with Crippen LogP contribution in [0.4, 0.5) is 4.79 Å². The Hall–Kier alpha value is -3.63. The summed E-state index contributed by atoms with van der Waals surface area (Å²) in [4.78, 5) is 58.1. The van der Waals surface area contributed by atoms with Crippen LogP contribution in [-0.2, 0) is 30.5 Å². The van der Waals surface area contributed by atoms with Crippen LogP contribution >= 0.6 is 0 Å². The van der Waals surface area contributed by atoms with E-state index in [2.05, 4.69) is 16.0 Å². The molecule has 3 atom stereocenters. The van der Waals surface area contributed by atoms with Gasteiger partial charge in [-0.2, -0.15) is 0 Å². The molecule has 164 valence electrons. The fourth-order valence-corrected chi connectivity index (χ4v) is 2.22. The fourth-order valence-electron chi connectivity index (χ4n) is 2.22. The number of hydrogen-bond acceptors (Lipinski definition) is 6. The molecule has 0 fully saturated rings. The number of carboxylic acid groups (broad SMARTS) is 2. The van der Waals surface area contributed by atoms with Crippen LogP contribution in [0.5, 0.6) is 0 Å². The Balaban J connectivity index is 2.67. The SMILES string of the molecule is C[C@H](NC(=O)[C@H](C)NC(=O)[C@H](CCC(=O)O)NC(=O)OCc1ccccc1)C(=O)O. The average molecular weight is 423 g/mol. The lowest BCUT2D eigenvalue weighted by atomic mass is 10.1. The first-order valence-corrected chi connectivity index (χ1v) is 9.12. The molecule has 0 aliphatic rings. The maximum atomic E-state index is 12.4. The summed E-state index contributed by atoms with van der Waals surface area (Å²) >= 11 is 0. The Morgan fingerprint density at radius 3 is 2.07 bits per heavy atom. The van der Waals surface area contributed by atoms with E-state index in [-0.39, 0.29) is 13.0 Å². The number of rotatable bonds is 11. The summed E-state index contributed by atoms with van der Waals surface area (Å²) in [5.41, 5.74) is 0.719. The average Bonchev–Trinajstić information content (AvgIpc) is 2.69. The third kappa shape index (κ3) is 9.04. The van der Waals surface area contributed by atoms with Crippen LogP contribution in [0.25, 0.3) is 0 Å². The molecule has 5 N–H and O–H groups in total. The number of benzene rings is 1. The van der Waals surface area contributed by atoms with Crippen LogP contribution in [-0.4, -0.2) is 58.2 Å². The van der Waals surface area contributed by atoms with Crippen molar-refractivity contribution >= 4 is 29.8 Å². The normalized spacial score (nSPS) is 13.3. The summed E-state index contributed by atoms with van der Waals surface area (Å²) in [6.07, 6.45) is -1.57. The van der Waals surface area contributed by atoms with E-state index in [1.807, 2.05) is 0 Å². The molecule has 11 nitrogen and oxygen atoms in total. The molecule has 3 amide bonds. The molecule has 0 saturated carbocycles. The van der Waals surface area contributed by atoms with Crippen molar-refractivity contribution < 1.29 is 38.9 Å². The summed E-state index contributed by atoms with van der Waals surface area (Å²) in [7, 11) is 0. The predicted octanol–water partition coefficient (Wildman–Crippen LogP) is 0.240. The molecule has 0 bridgehead atoms. The molecule has 0 saturated heterocycles. The topological polar surface area (TPSA) is 171 Å². The highest BCUT2D eigenvalue weighted by Gasteiger charge is 2.26. The van der Waals surface area contributed by atoms with Crippen LogP contribution in [0.3, 0.4) is 0 Å². The monoisotopic (exact) mass is 423 g/mol. The highest BCUT2D eigenvalue weighted by atomic mass is 16.5. The van der Waals surface area contributed by atoms with Gasteiger partial charge in [-0.1, -0.05) is 30.3 Å². The number of alkyl carbamates (subject to hydrolysis) is 1. The predicted molar refractivity (Wildman–Crippen MR) is 103 cm³/mol. The molecule has 1 rings (SSSR count). The van der Waals surface area contributed by atoms with Gasteiger partial charge in [-0.25, -0.2) is 4.79 Å². The van der Waals surface area contributed by atoms with Crippen molar-refractivity contribution in [1.82, 2.24) is 16.0 Å². The molecule has 30 heavy (non-hydrogen) atoms. The molecule has 0 spiro atoms. The number of nitrogens with one attached hydrogen (secondary N) is 3. The number of hydrogen-bond donors (Lipinski definition) is 5. The second kappa shape index (κ2) is 12.0. The summed E-state index contributed by atoms with van der Waals surface area (Å²) in [5, 5.41) is 24.5. The maximum absolute atomic E-state index is 12.4. The summed E-state index contributed by atoms with van der Waals surface area (Å²) in [6.45, 7) is 2.53. The molecular weight excluding hydrogens is 398 g/mol. The van der Waals surface area contributed by atoms with Gasteiger partial charge in [0, 0.05) is 6.42 Å². The van der Waals surface area contributed by atoms with Gasteiger partial charge in [0.15, 0.2) is 0 Å². The molecule has 0 aromatic heterocycles. The first-order chi connectivity index (χ1) is 14.1. The van der Waals surface area contributed by atoms with Gasteiger partial charge in [-0.05, 0) is 25.8 Å². The number of carbonyl (C=O) groups excluding carboxylic acids is 3. The summed E-state index contributed by atoms with van der Waals surface area (Å²) in [5.74, 6) is -3.97. The quantitative estimate of drug-likeness (QED) is 0.337. The molecule has 1 aromatic carbocycles. The number of carbonyl (C=O) groups is 5. The Labute approximate surface area is 172 Å². The fraction of sp³-hybridized carbons (Fsp3) is 0.421. The second-order valence-electron chi connectivity index (χ2n) is 6.49. The van der Waals surface area contributed by atoms with Gasteiger partial charge in [0.2, 0.25) is 11.8 Å². The highest BCUT2D eigenvalue weighted by molar-refractivity contribution is 5.92. The van der Waals surface area contributed by atoms with E-state index < -0.39 is 54.4 Å². The lowest BCUT2D eigenvalue weighted by Crippen LogP contribution is -2.54. The first kappa shape index (κ1) is 24.4. The van der Waals surface area contributed by atoms with Gasteiger partial charge in [0.25, 0.3) is 0 Å². The molecule has 0 aliphatic carbocycles. The molecule has 0 radical (unpaired) electrons. The lowest BCUT2D eigenvalue weighted by Gasteiger charge is -2.21. The van der Waals surface area contributed by atoms with E-state index in [1.54, 1.807) is 30.3 Å². The van der Waals surface area contributed by atoms with Gasteiger partial charge in [-0.15, -0.1) is 0 Å². The Kier molecular flexibility index (Phi) is 9.80.